The minimum Gasteiger partial charge on any atom is -0.316 e. The Morgan fingerprint density at radius 3 is 2.80 bits per heavy atom. The molecule has 6 heteroatoms. The van der Waals surface area contributed by atoms with Crippen LogP contribution in [0.1, 0.15) is 30.6 Å². The molecule has 1 aromatic rings. The molecule has 1 saturated carbocycles. The average Bonchev–Trinajstić information content (AvgIpc) is 3.12. The van der Waals surface area contributed by atoms with Crippen molar-refractivity contribution in [2.24, 2.45) is 5.92 Å². The van der Waals surface area contributed by atoms with Gasteiger partial charge in [-0.2, -0.15) is 4.31 Å². The second kappa shape index (κ2) is 6.13. The van der Waals surface area contributed by atoms with Gasteiger partial charge in [0.1, 0.15) is 0 Å². The molecule has 112 valence electrons. The van der Waals surface area contributed by atoms with E-state index in [0.29, 0.717) is 12.3 Å². The number of hydrogen-bond donors (Lipinski definition) is 1. The number of nitrogens with zero attached hydrogens (tertiary/aromatic N) is 1. The molecule has 0 bridgehead atoms. The van der Waals surface area contributed by atoms with Crippen molar-refractivity contribution in [3.63, 3.8) is 0 Å². The van der Waals surface area contributed by atoms with E-state index in [1.807, 2.05) is 17.5 Å². The van der Waals surface area contributed by atoms with Crippen LogP contribution in [-0.4, -0.2) is 37.6 Å². The van der Waals surface area contributed by atoms with E-state index >= 15 is 0 Å². The summed E-state index contributed by atoms with van der Waals surface area (Å²) in [6.45, 7) is 2.43. The zero-order chi connectivity index (χ0) is 14.0. The first-order valence-corrected chi connectivity index (χ1v) is 9.86. The summed E-state index contributed by atoms with van der Waals surface area (Å²) in [4.78, 5) is 1.14. The van der Waals surface area contributed by atoms with E-state index in [2.05, 4.69) is 5.32 Å². The highest BCUT2D eigenvalue weighted by molar-refractivity contribution is 7.89. The molecule has 2 aliphatic rings. The zero-order valence-corrected chi connectivity index (χ0v) is 13.3. The summed E-state index contributed by atoms with van der Waals surface area (Å²) in [5, 5.41) is 5.32. The Kier molecular flexibility index (Phi) is 4.45. The third-order valence-electron chi connectivity index (χ3n) is 4.05. The Balaban J connectivity index is 1.68. The fourth-order valence-corrected chi connectivity index (χ4v) is 5.69. The zero-order valence-electron chi connectivity index (χ0n) is 11.6. The van der Waals surface area contributed by atoms with Crippen molar-refractivity contribution in [2.75, 3.05) is 18.8 Å². The van der Waals surface area contributed by atoms with Gasteiger partial charge in [0.2, 0.25) is 10.0 Å². The fourth-order valence-electron chi connectivity index (χ4n) is 2.83. The first-order chi connectivity index (χ1) is 9.65. The van der Waals surface area contributed by atoms with Gasteiger partial charge in [0, 0.05) is 17.5 Å². The molecule has 1 N–H and O–H groups in total. The molecular formula is C14H22N2O2S2. The minimum absolute atomic E-state index is 0.249. The summed E-state index contributed by atoms with van der Waals surface area (Å²) < 4.78 is 27.2. The number of sulfonamides is 1. The molecule has 0 radical (unpaired) electrons. The van der Waals surface area contributed by atoms with Crippen LogP contribution >= 0.6 is 11.3 Å². The van der Waals surface area contributed by atoms with Crippen LogP contribution < -0.4 is 5.32 Å². The smallest absolute Gasteiger partial charge is 0.215 e. The molecule has 0 aromatic carbocycles. The van der Waals surface area contributed by atoms with E-state index in [-0.39, 0.29) is 12.0 Å². The molecule has 4 nitrogen and oxygen atoms in total. The molecular weight excluding hydrogens is 292 g/mol. The predicted molar refractivity (Wildman–Crippen MR) is 82.3 cm³/mol. The summed E-state index contributed by atoms with van der Waals surface area (Å²) in [6, 6.07) is 4.26. The summed E-state index contributed by atoms with van der Waals surface area (Å²) in [5.41, 5.74) is 0. The standard InChI is InChI=1S/C14H22N2O2S2/c17-20(18,11-12-3-1-7-15-9-12)16(13-5-6-13)10-14-4-2-8-19-14/h2,4,8,12-13,15H,1,3,5-7,9-11H2. The number of piperidine rings is 1. The van der Waals surface area contributed by atoms with Crippen LogP contribution in [0.2, 0.25) is 0 Å². The molecule has 20 heavy (non-hydrogen) atoms. The van der Waals surface area contributed by atoms with Gasteiger partial charge in [0.05, 0.1) is 5.75 Å². The normalized spacial score (nSPS) is 24.1. The topological polar surface area (TPSA) is 49.4 Å². The van der Waals surface area contributed by atoms with Gasteiger partial charge in [0.25, 0.3) is 0 Å². The molecule has 1 saturated heterocycles. The van der Waals surface area contributed by atoms with E-state index in [0.717, 1.165) is 43.6 Å². The lowest BCUT2D eigenvalue weighted by Gasteiger charge is -2.27. The van der Waals surface area contributed by atoms with Crippen molar-refractivity contribution >= 4 is 21.4 Å². The molecule has 2 fully saturated rings. The summed E-state index contributed by atoms with van der Waals surface area (Å²) in [5.74, 6) is 0.584. The van der Waals surface area contributed by atoms with Gasteiger partial charge in [-0.05, 0) is 56.1 Å². The van der Waals surface area contributed by atoms with Gasteiger partial charge < -0.3 is 5.32 Å². The monoisotopic (exact) mass is 314 g/mol. The fraction of sp³-hybridized carbons (Fsp3) is 0.714. The second-order valence-electron chi connectivity index (χ2n) is 5.85. The van der Waals surface area contributed by atoms with Crippen molar-refractivity contribution in [3.05, 3.63) is 22.4 Å². The van der Waals surface area contributed by atoms with E-state index < -0.39 is 10.0 Å². The Morgan fingerprint density at radius 2 is 2.20 bits per heavy atom. The van der Waals surface area contributed by atoms with E-state index in [1.165, 1.54) is 0 Å². The highest BCUT2D eigenvalue weighted by Crippen LogP contribution is 2.32. The lowest BCUT2D eigenvalue weighted by molar-refractivity contribution is 0.371. The maximum absolute atomic E-state index is 12.7. The Morgan fingerprint density at radius 1 is 1.35 bits per heavy atom. The Hall–Kier alpha value is -0.430. The molecule has 1 aliphatic heterocycles. The van der Waals surface area contributed by atoms with Crippen LogP contribution in [0.4, 0.5) is 0 Å². The van der Waals surface area contributed by atoms with Crippen molar-refractivity contribution in [3.8, 4) is 0 Å². The van der Waals surface area contributed by atoms with Crippen LogP contribution in [0.25, 0.3) is 0 Å². The van der Waals surface area contributed by atoms with Crippen LogP contribution in [0.15, 0.2) is 17.5 Å². The second-order valence-corrected chi connectivity index (χ2v) is 8.85. The first kappa shape index (κ1) is 14.5. The molecule has 0 spiro atoms. The number of thiophene rings is 1. The largest absolute Gasteiger partial charge is 0.316 e. The van der Waals surface area contributed by atoms with Gasteiger partial charge in [0.15, 0.2) is 0 Å². The predicted octanol–water partition coefficient (Wildman–Crippen LogP) is 2.04. The molecule has 1 unspecified atom stereocenters. The molecule has 0 amide bonds. The third-order valence-corrected chi connectivity index (χ3v) is 6.94. The van der Waals surface area contributed by atoms with Crippen molar-refractivity contribution in [1.29, 1.82) is 0 Å². The van der Waals surface area contributed by atoms with Crippen molar-refractivity contribution < 1.29 is 8.42 Å². The van der Waals surface area contributed by atoms with Gasteiger partial charge in [-0.1, -0.05) is 6.07 Å². The number of rotatable bonds is 6. The van der Waals surface area contributed by atoms with Crippen LogP contribution in [0.3, 0.4) is 0 Å². The third kappa shape index (κ3) is 3.61. The number of hydrogen-bond acceptors (Lipinski definition) is 4. The summed E-state index contributed by atoms with van der Waals surface area (Å²) in [6.07, 6.45) is 4.17. The summed E-state index contributed by atoms with van der Waals surface area (Å²) >= 11 is 1.64. The highest BCUT2D eigenvalue weighted by atomic mass is 32.2. The summed E-state index contributed by atoms with van der Waals surface area (Å²) in [7, 11) is -3.13. The minimum atomic E-state index is -3.13. The van der Waals surface area contributed by atoms with E-state index in [9.17, 15) is 8.42 Å². The van der Waals surface area contributed by atoms with E-state index in [1.54, 1.807) is 15.6 Å². The maximum atomic E-state index is 12.7. The van der Waals surface area contributed by atoms with E-state index in [4.69, 9.17) is 0 Å². The van der Waals surface area contributed by atoms with Crippen molar-refractivity contribution in [2.45, 2.75) is 38.3 Å². The van der Waals surface area contributed by atoms with Gasteiger partial charge in [-0.3, -0.25) is 0 Å². The first-order valence-electron chi connectivity index (χ1n) is 7.38. The number of nitrogens with one attached hydrogen (secondary N) is 1. The molecule has 1 aromatic heterocycles. The quantitative estimate of drug-likeness (QED) is 0.874. The maximum Gasteiger partial charge on any atom is 0.215 e. The average molecular weight is 314 g/mol. The van der Waals surface area contributed by atoms with Crippen LogP contribution in [0, 0.1) is 5.92 Å². The molecule has 1 aliphatic carbocycles. The van der Waals surface area contributed by atoms with Gasteiger partial charge >= 0.3 is 0 Å². The molecule has 2 heterocycles. The van der Waals surface area contributed by atoms with Gasteiger partial charge in [-0.25, -0.2) is 8.42 Å². The lowest BCUT2D eigenvalue weighted by atomic mass is 10.0. The highest BCUT2D eigenvalue weighted by Gasteiger charge is 2.38. The SMILES string of the molecule is O=S(=O)(CC1CCCNC1)N(Cc1cccs1)C1CC1. The lowest BCUT2D eigenvalue weighted by Crippen LogP contribution is -2.40. The Labute approximate surface area is 125 Å². The Bertz CT molecular complexity index is 517. The molecule has 1 atom stereocenters. The van der Waals surface area contributed by atoms with Crippen LogP contribution in [0.5, 0.6) is 0 Å². The van der Waals surface area contributed by atoms with Crippen LogP contribution in [-0.2, 0) is 16.6 Å². The van der Waals surface area contributed by atoms with Crippen molar-refractivity contribution in [1.82, 2.24) is 9.62 Å². The molecule has 3 rings (SSSR count). The van der Waals surface area contributed by atoms with Gasteiger partial charge in [-0.15, -0.1) is 11.3 Å².